The summed E-state index contributed by atoms with van der Waals surface area (Å²) in [6, 6.07) is 9.98. The van der Waals surface area contributed by atoms with Gasteiger partial charge in [0.2, 0.25) is 5.91 Å². The number of amides is 1. The first kappa shape index (κ1) is 9.53. The predicted molar refractivity (Wildman–Crippen MR) is 56.1 cm³/mol. The van der Waals surface area contributed by atoms with Crippen LogP contribution in [0.3, 0.4) is 0 Å². The Bertz CT molecular complexity index is 325. The number of carbonyl (C=O) groups is 1. The van der Waals surface area contributed by atoms with E-state index in [0.717, 1.165) is 5.56 Å². The Hall–Kier alpha value is -1.02. The standard InChI is InChI=1S/C11H12ClNO/c12-10-6-11(14)13(8-10)7-9-4-2-1-3-5-9/h1-5,10H,6-8H2. The fourth-order valence-electron chi connectivity index (χ4n) is 1.68. The van der Waals surface area contributed by atoms with Gasteiger partial charge in [-0.25, -0.2) is 0 Å². The fourth-order valence-corrected chi connectivity index (χ4v) is 1.98. The normalized spacial score (nSPS) is 21.6. The van der Waals surface area contributed by atoms with Crippen LogP contribution in [0.1, 0.15) is 12.0 Å². The van der Waals surface area contributed by atoms with Gasteiger partial charge in [0.25, 0.3) is 0 Å². The van der Waals surface area contributed by atoms with Gasteiger partial charge in [-0.15, -0.1) is 11.6 Å². The Morgan fingerprint density at radius 2 is 2.07 bits per heavy atom. The van der Waals surface area contributed by atoms with Crippen LogP contribution >= 0.6 is 11.6 Å². The topological polar surface area (TPSA) is 20.3 Å². The van der Waals surface area contributed by atoms with E-state index in [9.17, 15) is 4.79 Å². The van der Waals surface area contributed by atoms with Gasteiger partial charge in [0, 0.05) is 19.5 Å². The molecule has 1 heterocycles. The Morgan fingerprint density at radius 3 is 2.64 bits per heavy atom. The number of nitrogens with zero attached hydrogens (tertiary/aromatic N) is 1. The second-order valence-electron chi connectivity index (χ2n) is 3.56. The number of hydrogen-bond acceptors (Lipinski definition) is 1. The minimum Gasteiger partial charge on any atom is -0.337 e. The third-order valence-electron chi connectivity index (χ3n) is 2.38. The van der Waals surface area contributed by atoms with E-state index in [0.29, 0.717) is 19.5 Å². The average molecular weight is 210 g/mol. The largest absolute Gasteiger partial charge is 0.337 e. The summed E-state index contributed by atoms with van der Waals surface area (Å²) in [4.78, 5) is 13.2. The van der Waals surface area contributed by atoms with Crippen LogP contribution in [0.5, 0.6) is 0 Å². The molecule has 1 unspecified atom stereocenters. The molecule has 2 nitrogen and oxygen atoms in total. The summed E-state index contributed by atoms with van der Waals surface area (Å²) in [5, 5.41) is -0.00814. The monoisotopic (exact) mass is 209 g/mol. The molecule has 0 radical (unpaired) electrons. The summed E-state index contributed by atoms with van der Waals surface area (Å²) in [5.74, 6) is 0.161. The molecule has 1 aromatic carbocycles. The van der Waals surface area contributed by atoms with Gasteiger partial charge in [-0.2, -0.15) is 0 Å². The Balaban J connectivity index is 2.02. The molecule has 0 aliphatic carbocycles. The third kappa shape index (κ3) is 2.07. The number of benzene rings is 1. The molecule has 1 aliphatic heterocycles. The first-order valence-corrected chi connectivity index (χ1v) is 5.15. The van der Waals surface area contributed by atoms with E-state index < -0.39 is 0 Å². The van der Waals surface area contributed by atoms with E-state index in [2.05, 4.69) is 0 Å². The highest BCUT2D eigenvalue weighted by molar-refractivity contribution is 6.22. The molecule has 0 spiro atoms. The molecule has 1 fully saturated rings. The molecule has 1 aromatic rings. The molecule has 1 saturated heterocycles. The van der Waals surface area contributed by atoms with Crippen molar-refractivity contribution in [3.8, 4) is 0 Å². The molecule has 0 aromatic heterocycles. The van der Waals surface area contributed by atoms with Crippen LogP contribution in [0.15, 0.2) is 30.3 Å². The van der Waals surface area contributed by atoms with Crippen LogP contribution in [0.25, 0.3) is 0 Å². The van der Waals surface area contributed by atoms with Crippen LogP contribution in [0.4, 0.5) is 0 Å². The van der Waals surface area contributed by atoms with E-state index in [1.807, 2.05) is 35.2 Å². The zero-order valence-electron chi connectivity index (χ0n) is 7.82. The van der Waals surface area contributed by atoms with Crippen LogP contribution in [-0.4, -0.2) is 22.7 Å². The summed E-state index contributed by atoms with van der Waals surface area (Å²) >= 11 is 5.91. The van der Waals surface area contributed by atoms with Crippen molar-refractivity contribution in [3.05, 3.63) is 35.9 Å². The zero-order valence-corrected chi connectivity index (χ0v) is 8.57. The second kappa shape index (κ2) is 4.01. The lowest BCUT2D eigenvalue weighted by atomic mass is 10.2. The van der Waals surface area contributed by atoms with Gasteiger partial charge in [0.05, 0.1) is 5.38 Å². The van der Waals surface area contributed by atoms with E-state index in [4.69, 9.17) is 11.6 Å². The van der Waals surface area contributed by atoms with E-state index in [1.54, 1.807) is 0 Å². The van der Waals surface area contributed by atoms with Gasteiger partial charge >= 0.3 is 0 Å². The number of likely N-dealkylation sites (tertiary alicyclic amines) is 1. The predicted octanol–water partition coefficient (Wildman–Crippen LogP) is 2.03. The van der Waals surface area contributed by atoms with Gasteiger partial charge in [-0.1, -0.05) is 30.3 Å². The highest BCUT2D eigenvalue weighted by Crippen LogP contribution is 2.18. The highest BCUT2D eigenvalue weighted by atomic mass is 35.5. The van der Waals surface area contributed by atoms with Crippen molar-refractivity contribution in [3.63, 3.8) is 0 Å². The van der Waals surface area contributed by atoms with Crippen LogP contribution in [0.2, 0.25) is 0 Å². The summed E-state index contributed by atoms with van der Waals surface area (Å²) in [6.45, 7) is 1.36. The summed E-state index contributed by atoms with van der Waals surface area (Å²) < 4.78 is 0. The first-order valence-electron chi connectivity index (χ1n) is 4.71. The number of halogens is 1. The van der Waals surface area contributed by atoms with Gasteiger partial charge < -0.3 is 4.90 Å². The van der Waals surface area contributed by atoms with Crippen molar-refractivity contribution in [1.29, 1.82) is 0 Å². The van der Waals surface area contributed by atoms with Gasteiger partial charge in [-0.3, -0.25) is 4.79 Å². The van der Waals surface area contributed by atoms with Crippen molar-refractivity contribution < 1.29 is 4.79 Å². The fraction of sp³-hybridized carbons (Fsp3) is 0.364. The lowest BCUT2D eigenvalue weighted by molar-refractivity contribution is -0.128. The van der Waals surface area contributed by atoms with Crippen molar-refractivity contribution in [2.24, 2.45) is 0 Å². The molecule has 74 valence electrons. The molecule has 3 heteroatoms. The lowest BCUT2D eigenvalue weighted by Gasteiger charge is -2.15. The molecule has 1 amide bonds. The molecule has 14 heavy (non-hydrogen) atoms. The SMILES string of the molecule is O=C1CC(Cl)CN1Cc1ccccc1. The molecule has 0 bridgehead atoms. The second-order valence-corrected chi connectivity index (χ2v) is 4.18. The first-order chi connectivity index (χ1) is 6.75. The Morgan fingerprint density at radius 1 is 1.36 bits per heavy atom. The molecule has 0 N–H and O–H groups in total. The van der Waals surface area contributed by atoms with Crippen LogP contribution in [0, 0.1) is 0 Å². The molecule has 2 rings (SSSR count). The molecular formula is C11H12ClNO. The highest BCUT2D eigenvalue weighted by Gasteiger charge is 2.27. The maximum Gasteiger partial charge on any atom is 0.224 e. The number of rotatable bonds is 2. The lowest BCUT2D eigenvalue weighted by Crippen LogP contribution is -2.24. The van der Waals surface area contributed by atoms with Crippen molar-refractivity contribution in [2.75, 3.05) is 6.54 Å². The Labute approximate surface area is 88.5 Å². The number of carbonyl (C=O) groups excluding carboxylic acids is 1. The van der Waals surface area contributed by atoms with Crippen molar-refractivity contribution in [1.82, 2.24) is 4.90 Å². The minimum atomic E-state index is -0.00814. The van der Waals surface area contributed by atoms with E-state index >= 15 is 0 Å². The van der Waals surface area contributed by atoms with E-state index in [-0.39, 0.29) is 11.3 Å². The van der Waals surface area contributed by atoms with Crippen LogP contribution in [-0.2, 0) is 11.3 Å². The van der Waals surface area contributed by atoms with Gasteiger partial charge in [0.1, 0.15) is 0 Å². The van der Waals surface area contributed by atoms with E-state index in [1.165, 1.54) is 0 Å². The van der Waals surface area contributed by atoms with Gasteiger partial charge in [-0.05, 0) is 5.56 Å². The third-order valence-corrected chi connectivity index (χ3v) is 2.68. The van der Waals surface area contributed by atoms with Crippen molar-refractivity contribution in [2.45, 2.75) is 18.3 Å². The van der Waals surface area contributed by atoms with Crippen molar-refractivity contribution >= 4 is 17.5 Å². The van der Waals surface area contributed by atoms with Gasteiger partial charge in [0.15, 0.2) is 0 Å². The zero-order chi connectivity index (χ0) is 9.97. The van der Waals surface area contributed by atoms with Crippen LogP contribution < -0.4 is 0 Å². The maximum absolute atomic E-state index is 11.4. The number of hydrogen-bond donors (Lipinski definition) is 0. The molecule has 0 saturated carbocycles. The Kier molecular flexibility index (Phi) is 2.73. The quantitative estimate of drug-likeness (QED) is 0.683. The smallest absolute Gasteiger partial charge is 0.224 e. The summed E-state index contributed by atoms with van der Waals surface area (Å²) in [6.07, 6.45) is 0.481. The molecule has 1 atom stereocenters. The minimum absolute atomic E-state index is 0.00814. The molecular weight excluding hydrogens is 198 g/mol. The molecule has 1 aliphatic rings. The maximum atomic E-state index is 11.4. The number of alkyl halides is 1. The summed E-state index contributed by atoms with van der Waals surface area (Å²) in [7, 11) is 0. The summed E-state index contributed by atoms with van der Waals surface area (Å²) in [5.41, 5.74) is 1.16. The average Bonchev–Trinajstić information content (AvgIpc) is 2.47.